The number of nitrogens with one attached hydrogen (secondary N) is 1. The molecule has 2 aliphatic heterocycles. The van der Waals surface area contributed by atoms with E-state index in [9.17, 15) is 4.79 Å². The quantitative estimate of drug-likeness (QED) is 0.233. The first-order valence-corrected chi connectivity index (χ1v) is 18.7. The normalized spacial score (nSPS) is 20.9. The molecule has 48 heavy (non-hydrogen) atoms. The lowest BCUT2D eigenvalue weighted by atomic mass is 9.56. The Morgan fingerprint density at radius 2 is 1.69 bits per heavy atom. The van der Waals surface area contributed by atoms with E-state index in [-0.39, 0.29) is 18.0 Å². The molecule has 1 saturated heterocycles. The highest BCUT2D eigenvalue weighted by Gasteiger charge is 2.45. The number of carbonyl (C=O) groups excluding carboxylic acids is 1. The molecule has 1 N–H and O–H groups in total. The van der Waals surface area contributed by atoms with Crippen LogP contribution in [-0.2, 0) is 6.42 Å². The molecule has 250 valence electrons. The second-order valence-electron chi connectivity index (χ2n) is 14.8. The number of thiophene rings is 1. The molecular formula is C38H46N8OS. The summed E-state index contributed by atoms with van der Waals surface area (Å²) in [5.74, 6) is 2.38. The van der Waals surface area contributed by atoms with Crippen molar-refractivity contribution in [3.63, 3.8) is 0 Å². The molecule has 1 amide bonds. The Kier molecular flexibility index (Phi) is 8.17. The van der Waals surface area contributed by atoms with Crippen molar-refractivity contribution in [2.75, 3.05) is 18.0 Å². The Balaban J connectivity index is 0.871. The predicted octanol–water partition coefficient (Wildman–Crippen LogP) is 7.26. The van der Waals surface area contributed by atoms with Crippen molar-refractivity contribution in [3.05, 3.63) is 81.0 Å². The second kappa shape index (κ2) is 12.5. The van der Waals surface area contributed by atoms with Gasteiger partial charge in [-0.05, 0) is 114 Å². The molecule has 5 heterocycles. The SMILES string of the molecule is Cc1sc2c(c1C)C(c1ccc(N3CCC4(CC3)CC(Cc3ccc(C(=O)NC5CCCCC5)nn3)C4)cc1)=NC(C)c1nnc(C)n1-2. The fourth-order valence-corrected chi connectivity index (χ4v) is 9.87. The van der Waals surface area contributed by atoms with E-state index in [0.29, 0.717) is 17.0 Å². The summed E-state index contributed by atoms with van der Waals surface area (Å²) in [6.45, 7) is 10.7. The largest absolute Gasteiger partial charge is 0.371 e. The molecule has 9 nitrogen and oxygen atoms in total. The maximum Gasteiger partial charge on any atom is 0.272 e. The molecule has 0 bridgehead atoms. The summed E-state index contributed by atoms with van der Waals surface area (Å²) >= 11 is 1.81. The summed E-state index contributed by atoms with van der Waals surface area (Å²) in [6.07, 6.45) is 11.8. The van der Waals surface area contributed by atoms with E-state index in [0.717, 1.165) is 61.0 Å². The summed E-state index contributed by atoms with van der Waals surface area (Å²) in [7, 11) is 0. The second-order valence-corrected chi connectivity index (χ2v) is 16.0. The molecule has 3 aromatic heterocycles. The Morgan fingerprint density at radius 3 is 2.40 bits per heavy atom. The monoisotopic (exact) mass is 662 g/mol. The summed E-state index contributed by atoms with van der Waals surface area (Å²) < 4.78 is 2.20. The molecule has 10 heteroatoms. The minimum absolute atomic E-state index is 0.0753. The number of benzene rings is 1. The van der Waals surface area contributed by atoms with Crippen molar-refractivity contribution in [1.29, 1.82) is 0 Å². The number of fused-ring (bicyclic) bond motifs is 3. The number of carbonyl (C=O) groups is 1. The van der Waals surface area contributed by atoms with Crippen LogP contribution in [0.3, 0.4) is 0 Å². The van der Waals surface area contributed by atoms with Crippen LogP contribution in [0, 0.1) is 32.1 Å². The van der Waals surface area contributed by atoms with Gasteiger partial charge in [-0.1, -0.05) is 31.4 Å². The minimum atomic E-state index is -0.0827. The fourth-order valence-electron chi connectivity index (χ4n) is 8.66. The van der Waals surface area contributed by atoms with Crippen molar-refractivity contribution < 1.29 is 4.79 Å². The first-order valence-electron chi connectivity index (χ1n) is 17.9. The molecule has 2 aliphatic carbocycles. The lowest BCUT2D eigenvalue weighted by Crippen LogP contribution is -2.47. The van der Waals surface area contributed by atoms with E-state index in [1.165, 1.54) is 71.6 Å². The maximum absolute atomic E-state index is 12.6. The third kappa shape index (κ3) is 5.76. The zero-order valence-corrected chi connectivity index (χ0v) is 29.4. The third-order valence-corrected chi connectivity index (χ3v) is 12.7. The molecule has 3 fully saturated rings. The fraction of sp³-hybridized carbons (Fsp3) is 0.526. The first kappa shape index (κ1) is 31.4. The van der Waals surface area contributed by atoms with Crippen LogP contribution in [0.25, 0.3) is 5.00 Å². The molecule has 1 atom stereocenters. The lowest BCUT2D eigenvalue weighted by Gasteiger charge is -2.52. The van der Waals surface area contributed by atoms with Gasteiger partial charge in [-0.25, -0.2) is 0 Å². The number of piperidine rings is 1. The topological polar surface area (TPSA) is 101 Å². The Labute approximate surface area is 287 Å². The van der Waals surface area contributed by atoms with Crippen LogP contribution >= 0.6 is 11.3 Å². The van der Waals surface area contributed by atoms with Crippen LogP contribution in [0.5, 0.6) is 0 Å². The minimum Gasteiger partial charge on any atom is -0.371 e. The molecule has 4 aromatic rings. The summed E-state index contributed by atoms with van der Waals surface area (Å²) in [4.78, 5) is 21.7. The molecule has 8 rings (SSSR count). The Morgan fingerprint density at radius 1 is 0.938 bits per heavy atom. The van der Waals surface area contributed by atoms with Crippen LogP contribution < -0.4 is 10.2 Å². The van der Waals surface area contributed by atoms with Crippen LogP contribution in [0.1, 0.15) is 120 Å². The van der Waals surface area contributed by atoms with Gasteiger partial charge in [0.2, 0.25) is 0 Å². The number of hydrogen-bond donors (Lipinski definition) is 1. The number of anilines is 1. The molecule has 0 radical (unpaired) electrons. The van der Waals surface area contributed by atoms with E-state index >= 15 is 0 Å². The third-order valence-electron chi connectivity index (χ3n) is 11.5. The van der Waals surface area contributed by atoms with Crippen LogP contribution in [0.15, 0.2) is 41.4 Å². The molecule has 1 aromatic carbocycles. The number of hydrogen-bond acceptors (Lipinski definition) is 8. The van der Waals surface area contributed by atoms with E-state index in [2.05, 4.69) is 80.2 Å². The smallest absolute Gasteiger partial charge is 0.272 e. The van der Waals surface area contributed by atoms with Gasteiger partial charge < -0.3 is 10.2 Å². The van der Waals surface area contributed by atoms with Crippen molar-refractivity contribution in [2.24, 2.45) is 16.3 Å². The lowest BCUT2D eigenvalue weighted by molar-refractivity contribution is 0.0277. The summed E-state index contributed by atoms with van der Waals surface area (Å²) in [5.41, 5.74) is 7.89. The van der Waals surface area contributed by atoms with Gasteiger partial charge in [0, 0.05) is 40.8 Å². The molecule has 4 aliphatic rings. The van der Waals surface area contributed by atoms with Crippen molar-refractivity contribution >= 4 is 28.6 Å². The maximum atomic E-state index is 12.6. The van der Waals surface area contributed by atoms with Gasteiger partial charge in [0.1, 0.15) is 16.9 Å². The van der Waals surface area contributed by atoms with Crippen LogP contribution in [0.4, 0.5) is 5.69 Å². The van der Waals surface area contributed by atoms with E-state index < -0.39 is 0 Å². The standard InChI is InChI=1S/C38H46N8OS/c1-23-25(3)48-37-33(23)34(39-24(2)35-44-41-26(4)46(35)37)28-10-13-31(14-11-28)45-18-16-38(17-19-45)21-27(22-38)20-30-12-15-32(43-42-30)36(47)40-29-8-6-5-7-9-29/h10-15,24,27,29H,5-9,16-22H2,1-4H3,(H,40,47). The van der Waals surface area contributed by atoms with Crippen molar-refractivity contribution in [1.82, 2.24) is 30.3 Å². The Hall–Kier alpha value is -3.92. The number of nitrogens with zero attached hydrogens (tertiary/aromatic N) is 7. The number of amides is 1. The van der Waals surface area contributed by atoms with Gasteiger partial charge >= 0.3 is 0 Å². The van der Waals surface area contributed by atoms with Gasteiger partial charge in [0.25, 0.3) is 5.91 Å². The summed E-state index contributed by atoms with van der Waals surface area (Å²) in [6, 6.07) is 13.2. The van der Waals surface area contributed by atoms with Crippen LogP contribution in [-0.4, -0.2) is 55.7 Å². The number of aromatic nitrogens is 5. The number of rotatable bonds is 6. The predicted molar refractivity (Wildman–Crippen MR) is 191 cm³/mol. The van der Waals surface area contributed by atoms with Gasteiger partial charge in [-0.3, -0.25) is 14.4 Å². The average Bonchev–Trinajstić information content (AvgIpc) is 3.58. The van der Waals surface area contributed by atoms with Gasteiger partial charge in [-0.15, -0.1) is 26.6 Å². The van der Waals surface area contributed by atoms with Gasteiger partial charge in [0.05, 0.1) is 11.4 Å². The highest BCUT2D eigenvalue weighted by Crippen LogP contribution is 2.53. The number of aliphatic imine (C=N–C) groups is 1. The summed E-state index contributed by atoms with van der Waals surface area (Å²) in [5, 5.41) is 21.9. The zero-order chi connectivity index (χ0) is 33.0. The Bertz CT molecular complexity index is 1830. The van der Waals surface area contributed by atoms with Gasteiger partial charge in [0.15, 0.2) is 11.5 Å². The van der Waals surface area contributed by atoms with Crippen LogP contribution in [0.2, 0.25) is 0 Å². The van der Waals surface area contributed by atoms with E-state index in [4.69, 9.17) is 4.99 Å². The molecule has 1 spiro atoms. The highest BCUT2D eigenvalue weighted by atomic mass is 32.1. The van der Waals surface area contributed by atoms with E-state index in [1.807, 2.05) is 19.1 Å². The van der Waals surface area contributed by atoms with Crippen molar-refractivity contribution in [2.45, 2.75) is 104 Å². The van der Waals surface area contributed by atoms with Crippen molar-refractivity contribution in [3.8, 4) is 5.00 Å². The number of aryl methyl sites for hydroxylation is 2. The molecular weight excluding hydrogens is 617 g/mol. The zero-order valence-electron chi connectivity index (χ0n) is 28.6. The molecule has 1 unspecified atom stereocenters. The average molecular weight is 663 g/mol. The van der Waals surface area contributed by atoms with Gasteiger partial charge in [-0.2, -0.15) is 5.10 Å². The van der Waals surface area contributed by atoms with E-state index in [1.54, 1.807) is 11.3 Å². The highest BCUT2D eigenvalue weighted by molar-refractivity contribution is 7.15. The first-order chi connectivity index (χ1) is 23.3. The molecule has 2 saturated carbocycles.